The Hall–Kier alpha value is -3.17. The Morgan fingerprint density at radius 2 is 2.00 bits per heavy atom. The minimum Gasteiger partial charge on any atom is -0.450 e. The number of halogens is 2. The van der Waals surface area contributed by atoms with Crippen LogP contribution >= 0.6 is 12.2 Å². The highest BCUT2D eigenvalue weighted by molar-refractivity contribution is 7.96. The van der Waals surface area contributed by atoms with Crippen LogP contribution < -0.4 is 9.04 Å². The lowest BCUT2D eigenvalue weighted by Crippen LogP contribution is -2.25. The van der Waals surface area contributed by atoms with Crippen molar-refractivity contribution in [1.82, 2.24) is 14.9 Å². The van der Waals surface area contributed by atoms with Crippen molar-refractivity contribution in [3.8, 4) is 11.5 Å². The lowest BCUT2D eigenvalue weighted by molar-refractivity contribution is 0.350. The summed E-state index contributed by atoms with van der Waals surface area (Å²) in [6.07, 6.45) is 4.37. The fourth-order valence-electron chi connectivity index (χ4n) is 3.68. The average molecular weight is 455 g/mol. The van der Waals surface area contributed by atoms with Crippen molar-refractivity contribution >= 4 is 23.8 Å². The number of hydrogen-bond acceptors (Lipinski definition) is 7. The van der Waals surface area contributed by atoms with Crippen LogP contribution in [-0.2, 0) is 10.7 Å². The Morgan fingerprint density at radius 3 is 2.81 bits per heavy atom. The van der Waals surface area contributed by atoms with E-state index in [1.54, 1.807) is 0 Å². The molecule has 2 aliphatic rings. The van der Waals surface area contributed by atoms with E-state index in [9.17, 15) is 8.78 Å². The van der Waals surface area contributed by atoms with Crippen molar-refractivity contribution < 1.29 is 17.7 Å². The van der Waals surface area contributed by atoms with Gasteiger partial charge in [0, 0.05) is 38.0 Å². The second kappa shape index (κ2) is 8.76. The summed E-state index contributed by atoms with van der Waals surface area (Å²) in [5.74, 6) is -0.816. The van der Waals surface area contributed by atoms with Gasteiger partial charge in [0.25, 0.3) is 0 Å². The van der Waals surface area contributed by atoms with E-state index in [2.05, 4.69) is 16.0 Å². The zero-order chi connectivity index (χ0) is 22.1. The minimum absolute atomic E-state index is 0.0993. The third-order valence-electron chi connectivity index (χ3n) is 5.14. The average Bonchev–Trinajstić information content (AvgIpc) is 2.81. The first-order valence-electron chi connectivity index (χ1n) is 10.2. The number of ether oxygens (including phenoxy) is 1. The lowest BCUT2D eigenvalue weighted by Gasteiger charge is -2.28. The van der Waals surface area contributed by atoms with Crippen molar-refractivity contribution in [3.63, 3.8) is 0 Å². The van der Waals surface area contributed by atoms with Gasteiger partial charge in [-0.1, -0.05) is 24.3 Å². The molecule has 1 aromatic heterocycles. The summed E-state index contributed by atoms with van der Waals surface area (Å²) >= 11 is 1.21. The summed E-state index contributed by atoms with van der Waals surface area (Å²) in [4.78, 5) is 11.3. The van der Waals surface area contributed by atoms with Crippen LogP contribution in [0.5, 0.6) is 11.5 Å². The van der Waals surface area contributed by atoms with Crippen LogP contribution in [0, 0.1) is 11.6 Å². The highest BCUT2D eigenvalue weighted by Gasteiger charge is 2.25. The van der Waals surface area contributed by atoms with Crippen molar-refractivity contribution in [2.45, 2.75) is 13.0 Å². The summed E-state index contributed by atoms with van der Waals surface area (Å²) in [5.41, 5.74) is 3.51. The molecule has 5 rings (SSSR count). The molecule has 1 fully saturated rings. The van der Waals surface area contributed by atoms with Gasteiger partial charge in [-0.25, -0.2) is 18.7 Å². The summed E-state index contributed by atoms with van der Waals surface area (Å²) in [6.45, 7) is 2.17. The molecule has 0 aliphatic carbocycles. The van der Waals surface area contributed by atoms with Gasteiger partial charge in [-0.2, -0.15) is 0 Å². The first-order valence-corrected chi connectivity index (χ1v) is 10.9. The first-order chi connectivity index (χ1) is 15.6. The summed E-state index contributed by atoms with van der Waals surface area (Å²) in [6, 6.07) is 11.2. The van der Waals surface area contributed by atoms with E-state index in [0.717, 1.165) is 48.3 Å². The molecule has 32 heavy (non-hydrogen) atoms. The van der Waals surface area contributed by atoms with E-state index in [1.807, 2.05) is 35.8 Å². The summed E-state index contributed by atoms with van der Waals surface area (Å²) in [5, 5.41) is 0. The number of anilines is 1. The molecule has 0 saturated carbocycles. The number of hydrogen-bond donors (Lipinski definition) is 0. The molecule has 0 N–H and O–H groups in total. The molecule has 0 atom stereocenters. The maximum atomic E-state index is 14.3. The number of nitrogens with zero attached hydrogens (tertiary/aromatic N) is 4. The summed E-state index contributed by atoms with van der Waals surface area (Å²) in [7, 11) is 1.98. The van der Waals surface area contributed by atoms with Gasteiger partial charge in [0.2, 0.25) is 5.95 Å². The van der Waals surface area contributed by atoms with E-state index < -0.39 is 11.6 Å². The fraction of sp³-hybridized carbons (Fsp3) is 0.217. The molecule has 0 radical (unpaired) electrons. The molecule has 6 nitrogen and oxygen atoms in total. The van der Waals surface area contributed by atoms with Gasteiger partial charge in [-0.15, -0.1) is 0 Å². The molecule has 0 spiro atoms. The van der Waals surface area contributed by atoms with Crippen molar-refractivity contribution in [3.05, 3.63) is 83.3 Å². The number of fused-ring (bicyclic) bond motifs is 1. The SMILES string of the molecule is CN1C=C(c2nc(N3CCCOS3)ncc2Oc2ccc(F)cc2F)c2ccccc2C1. The van der Waals surface area contributed by atoms with E-state index in [4.69, 9.17) is 13.9 Å². The fourth-order valence-corrected chi connectivity index (χ4v) is 4.36. The smallest absolute Gasteiger partial charge is 0.238 e. The zero-order valence-electron chi connectivity index (χ0n) is 17.3. The van der Waals surface area contributed by atoms with Gasteiger partial charge in [0.15, 0.2) is 17.3 Å². The Labute approximate surface area is 188 Å². The van der Waals surface area contributed by atoms with Crippen LogP contribution in [0.25, 0.3) is 5.57 Å². The van der Waals surface area contributed by atoms with Crippen LogP contribution in [0.4, 0.5) is 14.7 Å². The molecular weight excluding hydrogens is 434 g/mol. The van der Waals surface area contributed by atoms with Gasteiger partial charge in [0.1, 0.15) is 23.7 Å². The molecule has 2 aliphatic heterocycles. The Kier molecular flexibility index (Phi) is 5.67. The van der Waals surface area contributed by atoms with Gasteiger partial charge >= 0.3 is 0 Å². The predicted molar refractivity (Wildman–Crippen MR) is 119 cm³/mol. The van der Waals surface area contributed by atoms with Crippen molar-refractivity contribution in [1.29, 1.82) is 0 Å². The molecule has 1 saturated heterocycles. The minimum atomic E-state index is -0.796. The van der Waals surface area contributed by atoms with E-state index >= 15 is 0 Å². The van der Waals surface area contributed by atoms with Gasteiger partial charge in [-0.05, 0) is 29.7 Å². The highest BCUT2D eigenvalue weighted by Crippen LogP contribution is 2.38. The molecule has 9 heteroatoms. The third kappa shape index (κ3) is 4.13. The maximum Gasteiger partial charge on any atom is 0.238 e. The van der Waals surface area contributed by atoms with Crippen molar-refractivity contribution in [2.24, 2.45) is 0 Å². The van der Waals surface area contributed by atoms with Crippen LogP contribution in [0.1, 0.15) is 23.2 Å². The summed E-state index contributed by atoms with van der Waals surface area (Å²) < 4.78 is 40.9. The number of rotatable bonds is 4. The zero-order valence-corrected chi connectivity index (χ0v) is 18.1. The Bertz CT molecular complexity index is 1180. The molecule has 2 aromatic carbocycles. The Morgan fingerprint density at radius 1 is 1.12 bits per heavy atom. The third-order valence-corrected chi connectivity index (χ3v) is 5.94. The molecular formula is C23H20F2N4O2S. The molecule has 164 valence electrons. The maximum absolute atomic E-state index is 14.3. The van der Waals surface area contributed by atoms with E-state index in [0.29, 0.717) is 18.2 Å². The number of benzene rings is 2. The topological polar surface area (TPSA) is 50.7 Å². The highest BCUT2D eigenvalue weighted by atomic mass is 32.2. The quantitative estimate of drug-likeness (QED) is 0.398. The van der Waals surface area contributed by atoms with Crippen LogP contribution in [0.3, 0.4) is 0 Å². The Balaban J connectivity index is 1.62. The van der Waals surface area contributed by atoms with Crippen molar-refractivity contribution in [2.75, 3.05) is 24.5 Å². The first kappa shape index (κ1) is 20.7. The van der Waals surface area contributed by atoms with Gasteiger partial charge in [-0.3, -0.25) is 8.49 Å². The molecule has 3 heterocycles. The normalized spacial score (nSPS) is 15.9. The van der Waals surface area contributed by atoms with Crippen LogP contribution in [0.15, 0.2) is 54.9 Å². The van der Waals surface area contributed by atoms with Crippen LogP contribution in [0.2, 0.25) is 0 Å². The predicted octanol–water partition coefficient (Wildman–Crippen LogP) is 5.17. The molecule has 0 amide bonds. The molecule has 0 unspecified atom stereocenters. The number of aromatic nitrogens is 2. The largest absolute Gasteiger partial charge is 0.450 e. The molecule has 0 bridgehead atoms. The second-order valence-electron chi connectivity index (χ2n) is 7.53. The monoisotopic (exact) mass is 454 g/mol. The van der Waals surface area contributed by atoms with E-state index in [-0.39, 0.29) is 11.5 Å². The molecule has 3 aromatic rings. The standard InChI is InChI=1S/C23H20F2N4O2S/c1-28-13-15-5-2-3-6-17(15)18(14-28)22-21(31-20-8-7-16(24)11-19(20)25)12-26-23(27-22)29-9-4-10-30-32-29/h2-3,5-8,11-12,14H,4,9-10,13H2,1H3. The van der Waals surface area contributed by atoms with E-state index in [1.165, 1.54) is 24.5 Å². The van der Waals surface area contributed by atoms with Gasteiger partial charge < -0.3 is 9.64 Å². The van der Waals surface area contributed by atoms with Crippen LogP contribution in [-0.4, -0.2) is 35.1 Å². The van der Waals surface area contributed by atoms with Gasteiger partial charge in [0.05, 0.1) is 12.8 Å². The second-order valence-corrected chi connectivity index (χ2v) is 8.35. The lowest BCUT2D eigenvalue weighted by atomic mass is 9.94.